The Hall–Kier alpha value is -2.18. The van der Waals surface area contributed by atoms with Crippen LogP contribution in [0.4, 0.5) is 5.69 Å². The van der Waals surface area contributed by atoms with E-state index in [1.807, 2.05) is 0 Å². The molecule has 3 N–H and O–H groups in total. The number of imide groups is 1. The van der Waals surface area contributed by atoms with Crippen LogP contribution in [0.1, 0.15) is 28.8 Å². The van der Waals surface area contributed by atoms with Gasteiger partial charge in [-0.2, -0.15) is 0 Å². The van der Waals surface area contributed by atoms with Crippen molar-refractivity contribution in [3.05, 3.63) is 29.3 Å². The van der Waals surface area contributed by atoms with Crippen molar-refractivity contribution in [2.75, 3.05) is 5.73 Å². The lowest BCUT2D eigenvalue weighted by Gasteiger charge is -2.37. The van der Waals surface area contributed by atoms with Gasteiger partial charge in [0.1, 0.15) is 7.85 Å². The van der Waals surface area contributed by atoms with E-state index in [4.69, 9.17) is 29.3 Å². The molecular weight excluding hydrogens is 291 g/mol. The molecule has 2 heterocycles. The Labute approximate surface area is 137 Å². The highest BCUT2D eigenvalue weighted by atomic mass is 16.2. The molecule has 3 rings (SSSR count). The molecule has 0 saturated carbocycles. The number of nitrogens with zero attached hydrogens (tertiary/aromatic N) is 1. The molecule has 2 aliphatic rings. The van der Waals surface area contributed by atoms with Gasteiger partial charge in [0.15, 0.2) is 0 Å². The zero-order valence-corrected chi connectivity index (χ0v) is 12.3. The van der Waals surface area contributed by atoms with Crippen LogP contribution in [-0.4, -0.2) is 51.6 Å². The number of anilines is 1. The van der Waals surface area contributed by atoms with Crippen molar-refractivity contribution in [2.24, 2.45) is 0 Å². The molecule has 2 aliphatic heterocycles. The first-order chi connectivity index (χ1) is 10.7. The smallest absolute Gasteiger partial charge is 0.254 e. The maximum Gasteiger partial charge on any atom is 0.254 e. The molecule has 1 aromatic carbocycles. The van der Waals surface area contributed by atoms with Crippen LogP contribution < -0.4 is 11.1 Å². The van der Waals surface area contributed by atoms with E-state index in [0.717, 1.165) is 0 Å². The number of carbonyl (C=O) groups is 3. The fraction of sp³-hybridized carbons (Fsp3) is 0.357. The van der Waals surface area contributed by atoms with Crippen molar-refractivity contribution in [1.29, 1.82) is 0 Å². The number of nitrogens with two attached hydrogens (primary N) is 1. The van der Waals surface area contributed by atoms with Gasteiger partial charge in [-0.25, -0.2) is 0 Å². The van der Waals surface area contributed by atoms with Gasteiger partial charge in [0.05, 0.1) is 21.1 Å². The second kappa shape index (κ2) is 4.91. The van der Waals surface area contributed by atoms with Crippen molar-refractivity contribution < 1.29 is 14.4 Å². The van der Waals surface area contributed by atoms with Crippen LogP contribution in [0.15, 0.2) is 18.2 Å². The van der Waals surface area contributed by atoms with Crippen LogP contribution in [0.3, 0.4) is 0 Å². The molecule has 0 spiro atoms. The van der Waals surface area contributed by atoms with Crippen molar-refractivity contribution in [3.63, 3.8) is 0 Å². The number of nitrogen functional groups attached to an aromatic ring is 1. The molecule has 0 aromatic heterocycles. The number of nitrogens with one attached hydrogen (secondary N) is 1. The Morgan fingerprint density at radius 1 is 1.09 bits per heavy atom. The monoisotopic (exact) mass is 303 g/mol. The lowest BCUT2D eigenvalue weighted by atomic mass is 9.51. The first-order valence-corrected chi connectivity index (χ1v) is 7.09. The molecule has 23 heavy (non-hydrogen) atoms. The third kappa shape index (κ3) is 2.26. The summed E-state index contributed by atoms with van der Waals surface area (Å²) in [7, 11) is 17.6. The minimum absolute atomic E-state index is 0.0444. The summed E-state index contributed by atoms with van der Waals surface area (Å²) in [6.45, 7) is 0.0844. The predicted molar refractivity (Wildman–Crippen MR) is 85.8 cm³/mol. The number of amides is 3. The number of rotatable bonds is 1. The van der Waals surface area contributed by atoms with E-state index < -0.39 is 28.4 Å². The van der Waals surface area contributed by atoms with Crippen LogP contribution in [0.5, 0.6) is 0 Å². The van der Waals surface area contributed by atoms with Crippen molar-refractivity contribution in [3.8, 4) is 0 Å². The van der Waals surface area contributed by atoms with E-state index in [9.17, 15) is 14.4 Å². The topological polar surface area (TPSA) is 92.5 Å². The summed E-state index contributed by atoms with van der Waals surface area (Å²) in [4.78, 5) is 38.1. The second-order valence-electron chi connectivity index (χ2n) is 6.01. The Morgan fingerprint density at radius 3 is 2.43 bits per heavy atom. The minimum atomic E-state index is -1.72. The molecule has 1 unspecified atom stereocenters. The Morgan fingerprint density at radius 2 is 1.78 bits per heavy atom. The minimum Gasteiger partial charge on any atom is -0.398 e. The van der Waals surface area contributed by atoms with E-state index >= 15 is 0 Å². The van der Waals surface area contributed by atoms with Gasteiger partial charge in [-0.15, -0.1) is 0 Å². The number of benzene rings is 1. The predicted octanol–water partition coefficient (Wildman–Crippen LogP) is -1.02. The molecule has 1 fully saturated rings. The summed E-state index contributed by atoms with van der Waals surface area (Å²) in [6.07, 6.45) is -0.0894. The van der Waals surface area contributed by atoms with Gasteiger partial charge >= 0.3 is 0 Å². The van der Waals surface area contributed by atoms with Crippen LogP contribution in [0, 0.1) is 0 Å². The normalized spacial score (nSPS) is 26.6. The third-order valence-electron chi connectivity index (χ3n) is 4.45. The molecule has 3 amide bonds. The van der Waals surface area contributed by atoms with Crippen LogP contribution in [0.2, 0.25) is 5.21 Å². The van der Waals surface area contributed by atoms with E-state index in [1.165, 1.54) is 4.90 Å². The van der Waals surface area contributed by atoms with Crippen molar-refractivity contribution in [2.45, 2.75) is 30.0 Å². The molecule has 1 atom stereocenters. The third-order valence-corrected chi connectivity index (χ3v) is 4.45. The first-order valence-electron chi connectivity index (χ1n) is 7.09. The number of carbonyl (C=O) groups excluding carboxylic acids is 3. The SMILES string of the molecule is [B]C1([B])CCC([B])(N2Cc3c(N)cccc3C2=O)C(=O)NC1=O. The molecule has 1 aromatic rings. The van der Waals surface area contributed by atoms with Gasteiger partial charge < -0.3 is 10.6 Å². The molecule has 0 aliphatic carbocycles. The van der Waals surface area contributed by atoms with Crippen molar-refractivity contribution in [1.82, 2.24) is 10.2 Å². The zero-order valence-electron chi connectivity index (χ0n) is 12.3. The molecule has 6 nitrogen and oxygen atoms in total. The highest BCUT2D eigenvalue weighted by Gasteiger charge is 2.49. The Balaban J connectivity index is 1.99. The van der Waals surface area contributed by atoms with E-state index in [0.29, 0.717) is 16.8 Å². The molecule has 9 heteroatoms. The van der Waals surface area contributed by atoms with Gasteiger partial charge in [-0.3, -0.25) is 19.7 Å². The fourth-order valence-corrected chi connectivity index (χ4v) is 2.89. The van der Waals surface area contributed by atoms with Gasteiger partial charge in [0.2, 0.25) is 11.8 Å². The van der Waals surface area contributed by atoms with Gasteiger partial charge in [-0.1, -0.05) is 12.5 Å². The number of hydrogen-bond acceptors (Lipinski definition) is 4. The second-order valence-corrected chi connectivity index (χ2v) is 6.01. The van der Waals surface area contributed by atoms with Crippen LogP contribution in [-0.2, 0) is 16.1 Å². The number of fused-ring (bicyclic) bond motifs is 1. The van der Waals surface area contributed by atoms with Crippen LogP contribution >= 0.6 is 0 Å². The molecule has 1 saturated heterocycles. The highest BCUT2D eigenvalue weighted by Crippen LogP contribution is 2.38. The van der Waals surface area contributed by atoms with Gasteiger partial charge in [-0.05, 0) is 23.8 Å². The molecule has 0 bridgehead atoms. The summed E-state index contributed by atoms with van der Waals surface area (Å²) in [5.41, 5.74) is 5.61. The molecule has 6 radical (unpaired) electrons. The summed E-state index contributed by atoms with van der Waals surface area (Å²) >= 11 is 0. The van der Waals surface area contributed by atoms with Crippen molar-refractivity contribution >= 4 is 46.9 Å². The zero-order chi connectivity index (χ0) is 17.0. The first kappa shape index (κ1) is 15.7. The number of hydrogen-bond donors (Lipinski definition) is 2. The lowest BCUT2D eigenvalue weighted by molar-refractivity contribution is -0.133. The Kier molecular flexibility index (Phi) is 3.35. The highest BCUT2D eigenvalue weighted by molar-refractivity contribution is 6.52. The summed E-state index contributed by atoms with van der Waals surface area (Å²) in [5.74, 6) is -2.04. The molecule has 110 valence electrons. The standard InChI is InChI=1S/C14H12B3N3O3/c15-13(16)4-5-14(17,12(23)19-11(13)22)20-6-8-7(10(20)21)2-1-3-9(8)18/h1-3H,4-6,18H2,(H,19,22,23). The average molecular weight is 303 g/mol. The molecular formula is C14H12B3N3O3. The van der Waals surface area contributed by atoms with Gasteiger partial charge in [0, 0.05) is 23.4 Å². The quantitative estimate of drug-likeness (QED) is 0.394. The van der Waals surface area contributed by atoms with E-state index in [1.54, 1.807) is 18.2 Å². The van der Waals surface area contributed by atoms with Crippen LogP contribution in [0.25, 0.3) is 0 Å². The van der Waals surface area contributed by atoms with Gasteiger partial charge in [0.25, 0.3) is 5.91 Å². The van der Waals surface area contributed by atoms with E-state index in [2.05, 4.69) is 5.32 Å². The maximum absolute atomic E-state index is 12.6. The fourth-order valence-electron chi connectivity index (χ4n) is 2.89. The summed E-state index contributed by atoms with van der Waals surface area (Å²) < 4.78 is 0. The largest absolute Gasteiger partial charge is 0.398 e. The van der Waals surface area contributed by atoms with E-state index in [-0.39, 0.29) is 19.4 Å². The lowest BCUT2D eigenvalue weighted by Crippen LogP contribution is -2.59. The summed E-state index contributed by atoms with van der Waals surface area (Å²) in [6, 6.07) is 4.94. The summed E-state index contributed by atoms with van der Waals surface area (Å²) in [5, 5.41) is 0.367. The Bertz CT molecular complexity index is 737. The average Bonchev–Trinajstić information content (AvgIpc) is 2.80. The maximum atomic E-state index is 12.6.